The highest BCUT2D eigenvalue weighted by Crippen LogP contribution is 2.30. The van der Waals surface area contributed by atoms with Crippen molar-refractivity contribution >= 4 is 23.5 Å². The van der Waals surface area contributed by atoms with Gasteiger partial charge in [0.2, 0.25) is 0 Å². The third-order valence-electron chi connectivity index (χ3n) is 4.41. The molecule has 0 saturated heterocycles. The second kappa shape index (κ2) is 12.8. The Morgan fingerprint density at radius 2 is 1.72 bits per heavy atom. The van der Waals surface area contributed by atoms with Crippen LogP contribution in [0, 0.1) is 22.7 Å². The molecule has 32 heavy (non-hydrogen) atoms. The third-order valence-corrected chi connectivity index (χ3v) is 4.78. The molecule has 166 valence electrons. The van der Waals surface area contributed by atoms with Crippen LogP contribution in [0.4, 0.5) is 0 Å². The van der Waals surface area contributed by atoms with Gasteiger partial charge in [0.05, 0.1) is 37.7 Å². The van der Waals surface area contributed by atoms with Gasteiger partial charge < -0.3 is 19.1 Å². The SMILES string of the molecule is COc1cc(C(=O)OCC(=O)N(CCC#N)CCC#N)ccc1OCc1ccccc1Cl. The predicted molar refractivity (Wildman–Crippen MR) is 116 cm³/mol. The topological polar surface area (TPSA) is 113 Å². The van der Waals surface area contributed by atoms with Crippen molar-refractivity contribution in [2.75, 3.05) is 26.8 Å². The van der Waals surface area contributed by atoms with Crippen LogP contribution in [0.2, 0.25) is 5.02 Å². The Balaban J connectivity index is 1.99. The number of methoxy groups -OCH3 is 1. The minimum absolute atomic E-state index is 0.123. The number of halogens is 1. The standard InChI is InChI=1S/C23H22ClN3O5/c1-30-21-14-17(8-9-20(21)31-15-18-6-2-3-7-19(18)24)23(29)32-16-22(28)27(12-4-10-25)13-5-11-26/h2-3,6-9,14H,4-5,12-13,15-16H2,1H3. The molecule has 0 heterocycles. The number of hydrogen-bond donors (Lipinski definition) is 0. The van der Waals surface area contributed by atoms with Crippen LogP contribution in [-0.4, -0.2) is 43.6 Å². The summed E-state index contributed by atoms with van der Waals surface area (Å²) in [5.41, 5.74) is 0.982. The number of amides is 1. The molecule has 0 aliphatic carbocycles. The van der Waals surface area contributed by atoms with Gasteiger partial charge in [-0.1, -0.05) is 29.8 Å². The van der Waals surface area contributed by atoms with Crippen LogP contribution in [0.1, 0.15) is 28.8 Å². The van der Waals surface area contributed by atoms with Crippen LogP contribution in [0.15, 0.2) is 42.5 Å². The Bertz CT molecular complexity index is 1010. The van der Waals surface area contributed by atoms with Crippen LogP contribution in [0.5, 0.6) is 11.5 Å². The van der Waals surface area contributed by atoms with Crippen LogP contribution >= 0.6 is 11.6 Å². The molecule has 0 aliphatic heterocycles. The Morgan fingerprint density at radius 1 is 1.03 bits per heavy atom. The van der Waals surface area contributed by atoms with E-state index in [1.807, 2.05) is 30.3 Å². The normalized spacial score (nSPS) is 9.88. The van der Waals surface area contributed by atoms with Gasteiger partial charge in [-0.05, 0) is 24.3 Å². The molecule has 0 atom stereocenters. The van der Waals surface area contributed by atoms with Gasteiger partial charge in [-0.25, -0.2) is 4.79 Å². The van der Waals surface area contributed by atoms with Crippen LogP contribution in [0.25, 0.3) is 0 Å². The fraction of sp³-hybridized carbons (Fsp3) is 0.304. The smallest absolute Gasteiger partial charge is 0.338 e. The van der Waals surface area contributed by atoms with Crippen molar-refractivity contribution in [1.82, 2.24) is 4.90 Å². The van der Waals surface area contributed by atoms with Gasteiger partial charge >= 0.3 is 5.97 Å². The molecule has 0 N–H and O–H groups in total. The number of carbonyl (C=O) groups is 2. The lowest BCUT2D eigenvalue weighted by Gasteiger charge is -2.20. The molecule has 2 aromatic carbocycles. The van der Waals surface area contributed by atoms with Gasteiger partial charge in [-0.3, -0.25) is 4.79 Å². The molecule has 2 rings (SSSR count). The van der Waals surface area contributed by atoms with E-state index in [1.165, 1.54) is 24.1 Å². The van der Waals surface area contributed by atoms with Crippen molar-refractivity contribution in [3.05, 3.63) is 58.6 Å². The van der Waals surface area contributed by atoms with Gasteiger partial charge in [0.15, 0.2) is 18.1 Å². The molecule has 1 amide bonds. The second-order valence-corrected chi connectivity index (χ2v) is 6.93. The summed E-state index contributed by atoms with van der Waals surface area (Å²) >= 11 is 6.13. The van der Waals surface area contributed by atoms with E-state index in [0.29, 0.717) is 16.5 Å². The summed E-state index contributed by atoms with van der Waals surface area (Å²) in [5, 5.41) is 18.0. The number of rotatable bonds is 11. The van der Waals surface area contributed by atoms with E-state index >= 15 is 0 Å². The summed E-state index contributed by atoms with van der Waals surface area (Å²) in [7, 11) is 1.44. The maximum absolute atomic E-state index is 12.4. The van der Waals surface area contributed by atoms with Gasteiger partial charge in [-0.15, -0.1) is 0 Å². The van der Waals surface area contributed by atoms with Crippen molar-refractivity contribution in [3.8, 4) is 23.6 Å². The zero-order valence-corrected chi connectivity index (χ0v) is 18.3. The van der Waals surface area contributed by atoms with E-state index in [4.69, 9.17) is 36.3 Å². The molecule has 0 fully saturated rings. The molecule has 0 bridgehead atoms. The number of nitrogens with zero attached hydrogens (tertiary/aromatic N) is 3. The summed E-state index contributed by atoms with van der Waals surface area (Å²) < 4.78 is 16.2. The first-order valence-electron chi connectivity index (χ1n) is 9.73. The molecule has 8 nitrogen and oxygen atoms in total. The van der Waals surface area contributed by atoms with E-state index in [-0.39, 0.29) is 38.1 Å². The van der Waals surface area contributed by atoms with Crippen molar-refractivity contribution in [2.45, 2.75) is 19.4 Å². The monoisotopic (exact) mass is 455 g/mol. The van der Waals surface area contributed by atoms with E-state index in [9.17, 15) is 9.59 Å². The molecule has 0 unspecified atom stereocenters. The highest BCUT2D eigenvalue weighted by molar-refractivity contribution is 6.31. The zero-order valence-electron chi connectivity index (χ0n) is 17.5. The summed E-state index contributed by atoms with van der Waals surface area (Å²) in [6.07, 6.45) is 0.246. The Kier molecular flexibility index (Phi) is 9.83. The highest BCUT2D eigenvalue weighted by atomic mass is 35.5. The second-order valence-electron chi connectivity index (χ2n) is 6.52. The molecule has 0 radical (unpaired) electrons. The number of hydrogen-bond acceptors (Lipinski definition) is 7. The summed E-state index contributed by atoms with van der Waals surface area (Å²) in [6.45, 7) is 0.0536. The quantitative estimate of drug-likeness (QED) is 0.474. The average molecular weight is 456 g/mol. The average Bonchev–Trinajstić information content (AvgIpc) is 2.81. The van der Waals surface area contributed by atoms with Gasteiger partial charge in [0.1, 0.15) is 6.61 Å². The maximum atomic E-state index is 12.4. The Morgan fingerprint density at radius 3 is 2.34 bits per heavy atom. The molecular weight excluding hydrogens is 434 g/mol. The fourth-order valence-electron chi connectivity index (χ4n) is 2.72. The van der Waals surface area contributed by atoms with Crippen molar-refractivity contribution < 1.29 is 23.8 Å². The molecule has 0 aliphatic rings. The lowest BCUT2D eigenvalue weighted by molar-refractivity contribution is -0.134. The minimum Gasteiger partial charge on any atom is -0.493 e. The Labute approximate surface area is 191 Å². The van der Waals surface area contributed by atoms with Crippen molar-refractivity contribution in [1.29, 1.82) is 10.5 Å². The summed E-state index contributed by atoms with van der Waals surface area (Å²) in [4.78, 5) is 26.0. The number of benzene rings is 2. The summed E-state index contributed by atoms with van der Waals surface area (Å²) in [5.74, 6) is -0.452. The summed E-state index contributed by atoms with van der Waals surface area (Å²) in [6, 6.07) is 15.7. The van der Waals surface area contributed by atoms with E-state index < -0.39 is 18.5 Å². The number of ether oxygens (including phenoxy) is 3. The number of carbonyl (C=O) groups excluding carboxylic acids is 2. The Hall–Kier alpha value is -3.75. The van der Waals surface area contributed by atoms with Crippen LogP contribution in [-0.2, 0) is 16.1 Å². The van der Waals surface area contributed by atoms with E-state index in [0.717, 1.165) is 5.56 Å². The first-order chi connectivity index (χ1) is 15.5. The molecule has 0 aromatic heterocycles. The zero-order chi connectivity index (χ0) is 23.3. The fourth-order valence-corrected chi connectivity index (χ4v) is 2.91. The van der Waals surface area contributed by atoms with Crippen molar-refractivity contribution in [2.24, 2.45) is 0 Å². The van der Waals surface area contributed by atoms with Gasteiger partial charge in [0, 0.05) is 23.7 Å². The third kappa shape index (κ3) is 7.19. The molecular formula is C23H22ClN3O5. The van der Waals surface area contributed by atoms with Crippen LogP contribution in [0.3, 0.4) is 0 Å². The lowest BCUT2D eigenvalue weighted by atomic mass is 10.2. The first-order valence-corrected chi connectivity index (χ1v) is 10.1. The first kappa shape index (κ1) is 24.5. The number of nitriles is 2. The highest BCUT2D eigenvalue weighted by Gasteiger charge is 2.18. The van der Waals surface area contributed by atoms with Crippen LogP contribution < -0.4 is 9.47 Å². The van der Waals surface area contributed by atoms with Crippen molar-refractivity contribution in [3.63, 3.8) is 0 Å². The number of esters is 1. The van der Waals surface area contributed by atoms with Gasteiger partial charge in [0.25, 0.3) is 5.91 Å². The minimum atomic E-state index is -0.713. The largest absolute Gasteiger partial charge is 0.493 e. The molecule has 9 heteroatoms. The maximum Gasteiger partial charge on any atom is 0.338 e. The van der Waals surface area contributed by atoms with Gasteiger partial charge in [-0.2, -0.15) is 10.5 Å². The lowest BCUT2D eigenvalue weighted by Crippen LogP contribution is -2.36. The molecule has 2 aromatic rings. The predicted octanol–water partition coefficient (Wildman–Crippen LogP) is 3.74. The van der Waals surface area contributed by atoms with E-state index in [1.54, 1.807) is 12.1 Å². The molecule has 0 spiro atoms. The van der Waals surface area contributed by atoms with E-state index in [2.05, 4.69) is 0 Å². The molecule has 0 saturated carbocycles.